The Labute approximate surface area is 93.8 Å². The molecule has 0 unspecified atom stereocenters. The van der Waals surface area contributed by atoms with Crippen molar-refractivity contribution in [3.05, 3.63) is 10.6 Å². The zero-order chi connectivity index (χ0) is 11.9. The second kappa shape index (κ2) is 6.76. The van der Waals surface area contributed by atoms with Crippen molar-refractivity contribution in [2.24, 2.45) is 4.58 Å². The Morgan fingerprint density at radius 2 is 2.13 bits per heavy atom. The molecule has 0 bridgehead atoms. The molecular weight excluding hydrogens is 218 g/mol. The largest absolute Gasteiger partial charge is 0.665 e. The average Bonchev–Trinajstić information content (AvgIpc) is 2.11. The molecule has 0 amide bonds. The average molecular weight is 235 g/mol. The molecule has 0 aromatic heterocycles. The van der Waals surface area contributed by atoms with Gasteiger partial charge in [0.25, 0.3) is 5.97 Å². The summed E-state index contributed by atoms with van der Waals surface area (Å²) in [5, 5.41) is 0. The topological polar surface area (TPSA) is 79.5 Å². The second-order valence-corrected chi connectivity index (χ2v) is 4.84. The maximum absolute atomic E-state index is 11.2. The molecule has 0 saturated heterocycles. The van der Waals surface area contributed by atoms with E-state index in [0.717, 1.165) is 0 Å². The summed E-state index contributed by atoms with van der Waals surface area (Å²) in [5.74, 6) is -0.549. The van der Waals surface area contributed by atoms with Crippen LogP contribution in [-0.2, 0) is 9.53 Å². The lowest BCUT2D eigenvalue weighted by molar-refractivity contribution is -0.870. The normalized spacial score (nSPS) is 13.3. The van der Waals surface area contributed by atoms with E-state index < -0.39 is 12.0 Å². The van der Waals surface area contributed by atoms with Crippen molar-refractivity contribution >= 4 is 17.9 Å². The number of carbonyl (C=O) groups excluding carboxylic acids is 1. The van der Waals surface area contributed by atoms with Gasteiger partial charge in [-0.1, -0.05) is 0 Å². The van der Waals surface area contributed by atoms with Crippen molar-refractivity contribution < 1.29 is 14.0 Å². The lowest BCUT2D eigenvalue weighted by Gasteiger charge is -2.24. The van der Waals surface area contributed by atoms with Crippen LogP contribution in [0, 0.1) is 4.91 Å². The van der Waals surface area contributed by atoms with Gasteiger partial charge >= 0.3 is 0 Å². The Morgan fingerprint density at radius 1 is 1.53 bits per heavy atom. The van der Waals surface area contributed by atoms with Gasteiger partial charge in [-0.15, -0.1) is 4.91 Å². The molecule has 1 atom stereocenters. The Bertz CT molecular complexity index is 218. The molecular formula is C8H17N3O3S. The summed E-state index contributed by atoms with van der Waals surface area (Å²) < 4.78 is 8.09. The predicted molar refractivity (Wildman–Crippen MR) is 60.2 cm³/mol. The van der Waals surface area contributed by atoms with Gasteiger partial charge in [0.2, 0.25) is 0 Å². The summed E-state index contributed by atoms with van der Waals surface area (Å²) in [4.78, 5) is 20.9. The Balaban J connectivity index is 3.69. The molecule has 7 heteroatoms. The summed E-state index contributed by atoms with van der Waals surface area (Å²) in [6.07, 6.45) is 0. The number of nitrogens with one attached hydrogen (secondary N) is 1. The first-order valence-corrected chi connectivity index (χ1v) is 5.44. The van der Waals surface area contributed by atoms with Crippen molar-refractivity contribution in [3.8, 4) is 0 Å². The Morgan fingerprint density at radius 3 is 2.60 bits per heavy atom. The number of hydrogen-bond acceptors (Lipinski definition) is 5. The van der Waals surface area contributed by atoms with Gasteiger partial charge in [0.05, 0.1) is 21.1 Å². The molecule has 0 radical (unpaired) electrons. The van der Waals surface area contributed by atoms with E-state index in [2.05, 4.69) is 4.58 Å². The van der Waals surface area contributed by atoms with Crippen LogP contribution in [0.3, 0.4) is 0 Å². The van der Waals surface area contributed by atoms with Crippen molar-refractivity contribution in [2.45, 2.75) is 6.04 Å². The third-order valence-electron chi connectivity index (χ3n) is 1.58. The number of hydrogen-bond donors (Lipinski definition) is 0. The monoisotopic (exact) mass is 235 g/mol. The fraction of sp³-hybridized carbons (Fsp3) is 0.875. The lowest BCUT2D eigenvalue weighted by atomic mass is 10.4. The molecule has 0 saturated carbocycles. The van der Waals surface area contributed by atoms with Crippen LogP contribution in [0.4, 0.5) is 0 Å². The van der Waals surface area contributed by atoms with Gasteiger partial charge in [0.1, 0.15) is 13.2 Å². The Hall–Kier alpha value is -0.660. The minimum atomic E-state index is -1.03. The van der Waals surface area contributed by atoms with Crippen LogP contribution in [0.5, 0.6) is 0 Å². The van der Waals surface area contributed by atoms with Crippen LogP contribution < -0.4 is 0 Å². The minimum Gasteiger partial charge on any atom is -0.665 e. The van der Waals surface area contributed by atoms with E-state index in [4.69, 9.17) is 10.5 Å². The SMILES string of the molecule is C[N+](C)(C)CCOC(=O)[C@@H]([NH-])CSN=O. The first kappa shape index (κ1) is 14.3. The molecule has 0 aromatic carbocycles. The molecule has 0 heterocycles. The molecule has 15 heavy (non-hydrogen) atoms. The molecule has 88 valence electrons. The van der Waals surface area contributed by atoms with Gasteiger partial charge in [0.15, 0.2) is 0 Å². The molecule has 0 aromatic rings. The van der Waals surface area contributed by atoms with Crippen molar-refractivity contribution in [1.29, 1.82) is 0 Å². The van der Waals surface area contributed by atoms with Gasteiger partial charge in [-0.2, -0.15) is 0 Å². The third-order valence-corrected chi connectivity index (χ3v) is 2.17. The smallest absolute Gasteiger partial charge is 0.288 e. The first-order chi connectivity index (χ1) is 6.87. The van der Waals surface area contributed by atoms with E-state index >= 15 is 0 Å². The number of nitrogens with zero attached hydrogens (tertiary/aromatic N) is 2. The number of likely N-dealkylation sites (N-methyl/N-ethyl adjacent to an activating group) is 1. The molecule has 0 fully saturated rings. The van der Waals surface area contributed by atoms with Gasteiger partial charge in [-0.05, 0) is 6.04 Å². The Kier molecular flexibility index (Phi) is 6.46. The van der Waals surface area contributed by atoms with Gasteiger partial charge in [-0.25, -0.2) is 0 Å². The number of rotatable bonds is 7. The summed E-state index contributed by atoms with van der Waals surface area (Å²) in [5.41, 5.74) is 7.32. The van der Waals surface area contributed by atoms with E-state index in [9.17, 15) is 9.70 Å². The quantitative estimate of drug-likeness (QED) is 0.286. The van der Waals surface area contributed by atoms with Crippen LogP contribution in [0.1, 0.15) is 0 Å². The predicted octanol–water partition coefficient (Wildman–Crippen LogP) is 1.07. The highest BCUT2D eigenvalue weighted by molar-refractivity contribution is 7.97. The van der Waals surface area contributed by atoms with Crippen LogP contribution >= 0.6 is 11.9 Å². The fourth-order valence-electron chi connectivity index (χ4n) is 0.694. The van der Waals surface area contributed by atoms with Gasteiger partial charge in [-0.3, -0.25) is 4.79 Å². The van der Waals surface area contributed by atoms with Crippen molar-refractivity contribution in [2.75, 3.05) is 40.0 Å². The van der Waals surface area contributed by atoms with Crippen LogP contribution in [-0.4, -0.2) is 56.5 Å². The first-order valence-electron chi connectivity index (χ1n) is 4.49. The highest BCUT2D eigenvalue weighted by Gasteiger charge is 2.11. The number of carbonyl (C=O) groups is 1. The lowest BCUT2D eigenvalue weighted by Crippen LogP contribution is -2.38. The number of nitroso groups, excluding NO2 is 1. The highest BCUT2D eigenvalue weighted by atomic mass is 32.2. The van der Waals surface area contributed by atoms with Gasteiger partial charge < -0.3 is 15.0 Å². The molecule has 1 N–H and O–H groups in total. The van der Waals surface area contributed by atoms with Crippen LogP contribution in [0.15, 0.2) is 4.58 Å². The molecule has 0 rings (SSSR count). The van der Waals surface area contributed by atoms with E-state index in [1.165, 1.54) is 0 Å². The molecule has 0 aliphatic heterocycles. The maximum atomic E-state index is 11.2. The maximum Gasteiger partial charge on any atom is 0.288 e. The van der Waals surface area contributed by atoms with Crippen molar-refractivity contribution in [3.63, 3.8) is 0 Å². The van der Waals surface area contributed by atoms with E-state index in [1.807, 2.05) is 21.1 Å². The van der Waals surface area contributed by atoms with Crippen LogP contribution in [0.2, 0.25) is 0 Å². The van der Waals surface area contributed by atoms with E-state index in [-0.39, 0.29) is 12.4 Å². The summed E-state index contributed by atoms with van der Waals surface area (Å²) in [6, 6.07) is -1.03. The second-order valence-electron chi connectivity index (χ2n) is 4.10. The molecule has 0 spiro atoms. The number of esters is 1. The molecule has 0 aliphatic rings. The number of quaternary nitrogens is 1. The van der Waals surface area contributed by atoms with Gasteiger partial charge in [0, 0.05) is 22.3 Å². The molecule has 6 nitrogen and oxygen atoms in total. The van der Waals surface area contributed by atoms with Crippen LogP contribution in [0.25, 0.3) is 5.73 Å². The minimum absolute atomic E-state index is 0.0483. The highest BCUT2D eigenvalue weighted by Crippen LogP contribution is 2.06. The summed E-state index contributed by atoms with van der Waals surface area (Å²) >= 11 is 0.661. The standard InChI is InChI=1S/C8H17N3O3S/c1-11(2,3)4-5-14-8(12)7(9)6-15-10-13/h7,9H,4-6H2,1-3H3/t7-/m0/s1. The fourth-order valence-corrected chi connectivity index (χ4v) is 1.04. The summed E-state index contributed by atoms with van der Waals surface area (Å²) in [6.45, 7) is 0.981. The molecule has 0 aliphatic carbocycles. The summed E-state index contributed by atoms with van der Waals surface area (Å²) in [7, 11) is 5.95. The zero-order valence-corrected chi connectivity index (χ0v) is 10.0. The van der Waals surface area contributed by atoms with E-state index in [1.54, 1.807) is 0 Å². The van der Waals surface area contributed by atoms with E-state index in [0.29, 0.717) is 23.0 Å². The third kappa shape index (κ3) is 8.34. The zero-order valence-electron chi connectivity index (χ0n) is 9.23. The van der Waals surface area contributed by atoms with Crippen molar-refractivity contribution in [1.82, 2.24) is 0 Å². The number of ether oxygens (including phenoxy) is 1.